The maximum atomic E-state index is 13.8. The quantitative estimate of drug-likeness (QED) is 0.535. The van der Waals surface area contributed by atoms with Crippen molar-refractivity contribution in [2.75, 3.05) is 0 Å². The van der Waals surface area contributed by atoms with Gasteiger partial charge in [-0.05, 0) is 122 Å². The van der Waals surface area contributed by atoms with E-state index in [4.69, 9.17) is 0 Å². The van der Waals surface area contributed by atoms with Crippen LogP contribution in [0.2, 0.25) is 0 Å². The molecule has 6 saturated carbocycles. The van der Waals surface area contributed by atoms with Gasteiger partial charge in [-0.15, -0.1) is 0 Å². The van der Waals surface area contributed by atoms with Crippen LogP contribution < -0.4 is 0 Å². The molecule has 36 heavy (non-hydrogen) atoms. The maximum absolute atomic E-state index is 13.8. The molecule has 192 valence electrons. The van der Waals surface area contributed by atoms with Crippen molar-refractivity contribution in [1.29, 1.82) is 0 Å². The molecule has 4 heteroatoms. The summed E-state index contributed by atoms with van der Waals surface area (Å²) in [5.41, 5.74) is 2.83. The smallest absolute Gasteiger partial charge is 0.309 e. The lowest BCUT2D eigenvalue weighted by atomic mass is 9.50. The Morgan fingerprint density at radius 3 is 2.31 bits per heavy atom. The van der Waals surface area contributed by atoms with Gasteiger partial charge in [0, 0.05) is 19.0 Å². The van der Waals surface area contributed by atoms with E-state index in [9.17, 15) is 14.7 Å². The lowest BCUT2D eigenvalue weighted by Gasteiger charge is -2.55. The second-order valence-corrected chi connectivity index (χ2v) is 14.7. The van der Waals surface area contributed by atoms with Crippen LogP contribution in [0.1, 0.15) is 94.6 Å². The monoisotopic (exact) mass is 487 g/mol. The van der Waals surface area contributed by atoms with E-state index in [0.29, 0.717) is 29.1 Å². The van der Waals surface area contributed by atoms with E-state index in [0.717, 1.165) is 57.0 Å². The first-order chi connectivity index (χ1) is 17.4. The number of carboxylic acid groups (broad SMARTS) is 1. The second kappa shape index (κ2) is 7.38. The number of carbonyl (C=O) groups excluding carboxylic acids is 1. The molecule has 7 aliphatic rings. The molecule has 1 aromatic carbocycles. The Bertz CT molecular complexity index is 1100. The molecule has 0 radical (unpaired) electrons. The van der Waals surface area contributed by atoms with Crippen LogP contribution in [0.25, 0.3) is 0 Å². The fraction of sp³-hybridized carbons (Fsp3) is 0.750. The molecule has 1 aliphatic heterocycles. The largest absolute Gasteiger partial charge is 0.481 e. The minimum absolute atomic E-state index is 0.195. The Morgan fingerprint density at radius 2 is 1.56 bits per heavy atom. The van der Waals surface area contributed by atoms with Crippen LogP contribution in [-0.4, -0.2) is 21.9 Å². The molecule has 1 heterocycles. The highest BCUT2D eigenvalue weighted by molar-refractivity contribution is 5.79. The van der Waals surface area contributed by atoms with Gasteiger partial charge in [-0.1, -0.05) is 37.1 Å². The zero-order chi connectivity index (χ0) is 24.3. The lowest BCUT2D eigenvalue weighted by molar-refractivity contribution is -0.152. The van der Waals surface area contributed by atoms with Crippen molar-refractivity contribution in [2.24, 2.45) is 51.8 Å². The number of benzene rings is 1. The molecular formula is C32H41NO3. The summed E-state index contributed by atoms with van der Waals surface area (Å²) < 4.78 is 0. The van der Waals surface area contributed by atoms with Crippen LogP contribution in [-0.2, 0) is 22.7 Å². The number of fused-ring (bicyclic) bond motifs is 6. The number of nitrogens with zero attached hydrogens (tertiary/aromatic N) is 1. The first-order valence-electron chi connectivity index (χ1n) is 15.0. The average molecular weight is 488 g/mol. The molecule has 9 unspecified atom stereocenters. The van der Waals surface area contributed by atoms with Crippen molar-refractivity contribution in [1.82, 2.24) is 4.90 Å². The highest BCUT2D eigenvalue weighted by Crippen LogP contribution is 2.77. The fourth-order valence-corrected chi connectivity index (χ4v) is 12.0. The van der Waals surface area contributed by atoms with Crippen molar-refractivity contribution >= 4 is 11.9 Å². The second-order valence-electron chi connectivity index (χ2n) is 14.7. The summed E-state index contributed by atoms with van der Waals surface area (Å²) in [5, 5.41) is 10.5. The number of hydrogen-bond donors (Lipinski definition) is 1. The minimum atomic E-state index is -0.476. The molecule has 8 rings (SSSR count). The van der Waals surface area contributed by atoms with Gasteiger partial charge >= 0.3 is 5.97 Å². The summed E-state index contributed by atoms with van der Waals surface area (Å²) in [6, 6.07) is 8.55. The molecule has 1 aromatic rings. The lowest BCUT2D eigenvalue weighted by Crippen LogP contribution is -2.46. The molecule has 4 nitrogen and oxygen atoms in total. The summed E-state index contributed by atoms with van der Waals surface area (Å²) in [5.74, 6) is 3.40. The summed E-state index contributed by atoms with van der Waals surface area (Å²) >= 11 is 0. The van der Waals surface area contributed by atoms with Gasteiger partial charge < -0.3 is 10.0 Å². The topological polar surface area (TPSA) is 57.6 Å². The van der Waals surface area contributed by atoms with Crippen LogP contribution in [0, 0.1) is 51.8 Å². The van der Waals surface area contributed by atoms with E-state index in [-0.39, 0.29) is 11.3 Å². The third-order valence-corrected chi connectivity index (χ3v) is 13.2. The first kappa shape index (κ1) is 22.2. The number of rotatable bonds is 3. The van der Waals surface area contributed by atoms with Gasteiger partial charge in [-0.2, -0.15) is 0 Å². The molecule has 0 spiro atoms. The Morgan fingerprint density at radius 1 is 0.833 bits per heavy atom. The molecular weight excluding hydrogens is 446 g/mol. The summed E-state index contributed by atoms with van der Waals surface area (Å²) in [7, 11) is 0. The summed E-state index contributed by atoms with van der Waals surface area (Å²) in [4.78, 5) is 28.7. The van der Waals surface area contributed by atoms with Crippen LogP contribution in [0.4, 0.5) is 0 Å². The van der Waals surface area contributed by atoms with Crippen molar-refractivity contribution in [3.05, 3.63) is 35.4 Å². The summed E-state index contributed by atoms with van der Waals surface area (Å²) in [6.45, 7) is 1.58. The number of carboxylic acids is 1. The van der Waals surface area contributed by atoms with Crippen LogP contribution >= 0.6 is 0 Å². The van der Waals surface area contributed by atoms with Gasteiger partial charge in [0.25, 0.3) is 0 Å². The van der Waals surface area contributed by atoms with Gasteiger partial charge in [0.15, 0.2) is 0 Å². The van der Waals surface area contributed by atoms with Gasteiger partial charge in [0.2, 0.25) is 5.91 Å². The molecule has 6 aliphatic carbocycles. The molecule has 1 amide bonds. The van der Waals surface area contributed by atoms with E-state index in [1.54, 1.807) is 0 Å². The molecule has 0 aromatic heterocycles. The van der Waals surface area contributed by atoms with E-state index >= 15 is 0 Å². The highest BCUT2D eigenvalue weighted by atomic mass is 16.4. The van der Waals surface area contributed by atoms with Crippen LogP contribution in [0.3, 0.4) is 0 Å². The Kier molecular flexibility index (Phi) is 4.55. The van der Waals surface area contributed by atoms with Gasteiger partial charge in [0.1, 0.15) is 0 Å². The maximum Gasteiger partial charge on any atom is 0.309 e. The van der Waals surface area contributed by atoms with Crippen molar-refractivity contribution in [2.45, 2.75) is 96.6 Å². The highest BCUT2D eigenvalue weighted by Gasteiger charge is 2.71. The van der Waals surface area contributed by atoms with E-state index in [2.05, 4.69) is 29.2 Å². The molecule has 6 bridgehead atoms. The predicted octanol–water partition coefficient (Wildman–Crippen LogP) is 6.42. The Labute approximate surface area is 215 Å². The fourth-order valence-electron chi connectivity index (χ4n) is 12.0. The zero-order valence-corrected chi connectivity index (χ0v) is 21.6. The first-order valence-corrected chi connectivity index (χ1v) is 15.0. The summed E-state index contributed by atoms with van der Waals surface area (Å²) in [6.07, 6.45) is 15.3. The SMILES string of the molecule is O=C(C1CC2CC3CC(C45CC6CCCC(C(=O)O)(C4)C(C6)C5)(C2)CC3C1)N1Cc2ccccc2C1. The Balaban J connectivity index is 1.07. The van der Waals surface area contributed by atoms with Crippen molar-refractivity contribution in [3.63, 3.8) is 0 Å². The minimum Gasteiger partial charge on any atom is -0.481 e. The Hall–Kier alpha value is -1.84. The molecule has 0 saturated heterocycles. The van der Waals surface area contributed by atoms with Gasteiger partial charge in [0.05, 0.1) is 5.41 Å². The van der Waals surface area contributed by atoms with Crippen LogP contribution in [0.5, 0.6) is 0 Å². The number of aliphatic carboxylic acids is 1. The van der Waals surface area contributed by atoms with E-state index in [1.165, 1.54) is 62.5 Å². The third-order valence-electron chi connectivity index (χ3n) is 13.2. The van der Waals surface area contributed by atoms with E-state index < -0.39 is 11.4 Å². The average Bonchev–Trinajstić information content (AvgIpc) is 3.41. The normalized spacial score (nSPS) is 48.1. The van der Waals surface area contributed by atoms with Gasteiger partial charge in [-0.3, -0.25) is 9.59 Å². The standard InChI is InChI=1S/C32H41NO3/c34-28(33-17-22-5-1-2-6-23(22)18-33)24-8-21-9-25-14-30(13-21,15-26(25)11-24)31-12-20-4-3-7-32(19-31,29(35)36)27(10-20)16-31/h1-2,5-6,20-21,24-27H,3-4,7-19H2,(H,35,36). The molecule has 9 atom stereocenters. The van der Waals surface area contributed by atoms with E-state index in [1.807, 2.05) is 0 Å². The number of hydrogen-bond acceptors (Lipinski definition) is 2. The molecule has 1 N–H and O–H groups in total. The third kappa shape index (κ3) is 2.88. The number of carbonyl (C=O) groups is 2. The molecule has 6 fully saturated rings. The number of amides is 1. The van der Waals surface area contributed by atoms with Gasteiger partial charge in [-0.25, -0.2) is 0 Å². The van der Waals surface area contributed by atoms with Crippen molar-refractivity contribution < 1.29 is 14.7 Å². The van der Waals surface area contributed by atoms with Crippen LogP contribution in [0.15, 0.2) is 24.3 Å². The van der Waals surface area contributed by atoms with Crippen molar-refractivity contribution in [3.8, 4) is 0 Å². The zero-order valence-electron chi connectivity index (χ0n) is 21.6. The predicted molar refractivity (Wildman–Crippen MR) is 137 cm³/mol.